The number of hydrogen-bond donors (Lipinski definition) is 1. The van der Waals surface area contributed by atoms with Gasteiger partial charge in [0.15, 0.2) is 0 Å². The van der Waals surface area contributed by atoms with Gasteiger partial charge in [0.25, 0.3) is 11.8 Å². The van der Waals surface area contributed by atoms with Gasteiger partial charge in [-0.15, -0.1) is 5.06 Å². The standard InChI is InChI=1S/C26H37NO6/c1-25(2,23(30)31)17-7-5-9-19-11-13-20(14-12-19)10-6-8-18-26(3,4)24(32)33-27-21(28)15-16-22(27)29/h11-14H,5-10,15-18H2,1-4H3,(H,30,31). The monoisotopic (exact) mass is 459 g/mol. The van der Waals surface area contributed by atoms with Crippen LogP contribution in [0.15, 0.2) is 24.3 Å². The number of hydrogen-bond acceptors (Lipinski definition) is 5. The molecule has 0 atom stereocenters. The summed E-state index contributed by atoms with van der Waals surface area (Å²) in [6, 6.07) is 8.51. The summed E-state index contributed by atoms with van der Waals surface area (Å²) in [7, 11) is 0. The van der Waals surface area contributed by atoms with E-state index in [0.29, 0.717) is 17.9 Å². The SMILES string of the molecule is CC(C)(CCCCc1ccc(CCCCC(C)(C)C(=O)ON2C(=O)CCC2=O)cc1)C(=O)O. The number of unbranched alkanes of at least 4 members (excludes halogenated alkanes) is 2. The first kappa shape index (κ1) is 26.6. The van der Waals surface area contributed by atoms with E-state index in [1.807, 2.05) is 0 Å². The van der Waals surface area contributed by atoms with Gasteiger partial charge in [-0.1, -0.05) is 37.1 Å². The Balaban J connectivity index is 1.68. The van der Waals surface area contributed by atoms with E-state index >= 15 is 0 Å². The summed E-state index contributed by atoms with van der Waals surface area (Å²) in [6.45, 7) is 7.08. The normalized spacial score (nSPS) is 14.6. The number of aryl methyl sites for hydroxylation is 2. The van der Waals surface area contributed by atoms with E-state index in [-0.39, 0.29) is 12.8 Å². The highest BCUT2D eigenvalue weighted by molar-refractivity contribution is 6.01. The molecule has 0 spiro atoms. The van der Waals surface area contributed by atoms with Crippen molar-refractivity contribution >= 4 is 23.8 Å². The zero-order chi connectivity index (χ0) is 24.6. The third-order valence-electron chi connectivity index (χ3n) is 6.37. The molecule has 1 fully saturated rings. The Bertz CT molecular complexity index is 840. The molecule has 0 aliphatic carbocycles. The van der Waals surface area contributed by atoms with Gasteiger partial charge in [0.1, 0.15) is 0 Å². The average Bonchev–Trinajstić information content (AvgIpc) is 3.07. The lowest BCUT2D eigenvalue weighted by Gasteiger charge is -2.24. The lowest BCUT2D eigenvalue weighted by atomic mass is 9.86. The molecule has 1 aromatic carbocycles. The van der Waals surface area contributed by atoms with Crippen LogP contribution in [-0.4, -0.2) is 33.9 Å². The van der Waals surface area contributed by atoms with Gasteiger partial charge in [0.05, 0.1) is 10.8 Å². The Labute approximate surface area is 196 Å². The number of carbonyl (C=O) groups excluding carboxylic acids is 3. The van der Waals surface area contributed by atoms with Gasteiger partial charge in [-0.3, -0.25) is 14.4 Å². The van der Waals surface area contributed by atoms with Gasteiger partial charge >= 0.3 is 11.9 Å². The first-order valence-corrected chi connectivity index (χ1v) is 11.8. The van der Waals surface area contributed by atoms with E-state index in [9.17, 15) is 24.3 Å². The topological polar surface area (TPSA) is 101 Å². The van der Waals surface area contributed by atoms with Crippen molar-refractivity contribution in [1.29, 1.82) is 0 Å². The number of carbonyl (C=O) groups is 4. The second-order valence-electron chi connectivity index (χ2n) is 10.3. The number of nitrogens with zero attached hydrogens (tertiary/aromatic N) is 1. The van der Waals surface area contributed by atoms with Crippen molar-refractivity contribution < 1.29 is 29.1 Å². The van der Waals surface area contributed by atoms with Gasteiger partial charge in [0.2, 0.25) is 0 Å². The molecule has 0 saturated carbocycles. The van der Waals surface area contributed by atoms with Crippen LogP contribution in [-0.2, 0) is 36.9 Å². The lowest BCUT2D eigenvalue weighted by molar-refractivity contribution is -0.204. The number of amides is 2. The molecule has 2 amide bonds. The van der Waals surface area contributed by atoms with Crippen LogP contribution in [0.5, 0.6) is 0 Å². The third kappa shape index (κ3) is 7.98. The van der Waals surface area contributed by atoms with Crippen LogP contribution in [0.3, 0.4) is 0 Å². The molecule has 7 nitrogen and oxygen atoms in total. The fourth-order valence-electron chi connectivity index (χ4n) is 3.74. The van der Waals surface area contributed by atoms with Crippen molar-refractivity contribution in [3.05, 3.63) is 35.4 Å². The van der Waals surface area contributed by atoms with E-state index in [4.69, 9.17) is 4.84 Å². The zero-order valence-corrected chi connectivity index (χ0v) is 20.3. The van der Waals surface area contributed by atoms with Gasteiger partial charge in [-0.25, -0.2) is 4.79 Å². The van der Waals surface area contributed by atoms with Crippen molar-refractivity contribution in [3.8, 4) is 0 Å². The maximum atomic E-state index is 12.4. The summed E-state index contributed by atoms with van der Waals surface area (Å²) in [5.41, 5.74) is 1.04. The van der Waals surface area contributed by atoms with E-state index in [2.05, 4.69) is 24.3 Å². The molecule has 0 unspecified atom stereocenters. The van der Waals surface area contributed by atoms with Crippen LogP contribution in [0.2, 0.25) is 0 Å². The molecular formula is C26H37NO6. The summed E-state index contributed by atoms with van der Waals surface area (Å²) < 4.78 is 0. The van der Waals surface area contributed by atoms with Crippen LogP contribution in [0, 0.1) is 10.8 Å². The number of hydroxylamine groups is 2. The Kier molecular flexibility index (Phi) is 9.20. The minimum atomic E-state index is -0.776. The van der Waals surface area contributed by atoms with E-state index in [1.54, 1.807) is 27.7 Å². The maximum absolute atomic E-state index is 12.4. The molecule has 33 heavy (non-hydrogen) atoms. The molecule has 1 saturated heterocycles. The van der Waals surface area contributed by atoms with Crippen molar-refractivity contribution in [2.24, 2.45) is 10.8 Å². The molecule has 0 aromatic heterocycles. The maximum Gasteiger partial charge on any atom is 0.338 e. The highest BCUT2D eigenvalue weighted by Crippen LogP contribution is 2.27. The van der Waals surface area contributed by atoms with Gasteiger partial charge in [-0.2, -0.15) is 0 Å². The number of carboxylic acids is 1. The summed E-state index contributed by atoms with van der Waals surface area (Å²) in [5, 5.41) is 9.79. The fourth-order valence-corrected chi connectivity index (χ4v) is 3.74. The highest BCUT2D eigenvalue weighted by Gasteiger charge is 2.37. The summed E-state index contributed by atoms with van der Waals surface area (Å²) in [4.78, 5) is 51.9. The molecule has 1 aliphatic rings. The van der Waals surface area contributed by atoms with Gasteiger partial charge in [0, 0.05) is 12.8 Å². The Morgan fingerprint density at radius 3 is 1.67 bits per heavy atom. The predicted octanol–water partition coefficient (Wildman–Crippen LogP) is 4.86. The first-order valence-electron chi connectivity index (χ1n) is 11.8. The minimum absolute atomic E-state index is 0.0915. The lowest BCUT2D eigenvalue weighted by Crippen LogP contribution is -2.37. The van der Waals surface area contributed by atoms with Crippen LogP contribution in [0.1, 0.15) is 90.2 Å². The molecule has 7 heteroatoms. The second-order valence-corrected chi connectivity index (χ2v) is 10.3. The largest absolute Gasteiger partial charge is 0.481 e. The molecule has 2 rings (SSSR count). The minimum Gasteiger partial charge on any atom is -0.481 e. The van der Waals surface area contributed by atoms with Crippen molar-refractivity contribution in [2.75, 3.05) is 0 Å². The molecule has 1 N–H and O–H groups in total. The number of aliphatic carboxylic acids is 1. The molecular weight excluding hydrogens is 422 g/mol. The van der Waals surface area contributed by atoms with Gasteiger partial charge < -0.3 is 9.94 Å². The molecule has 1 heterocycles. The van der Waals surface area contributed by atoms with Crippen LogP contribution >= 0.6 is 0 Å². The van der Waals surface area contributed by atoms with Crippen LogP contribution < -0.4 is 0 Å². The smallest absolute Gasteiger partial charge is 0.338 e. The molecule has 182 valence electrons. The van der Waals surface area contributed by atoms with Crippen molar-refractivity contribution in [2.45, 2.75) is 91.9 Å². The zero-order valence-electron chi connectivity index (χ0n) is 20.3. The van der Waals surface area contributed by atoms with Crippen LogP contribution in [0.25, 0.3) is 0 Å². The van der Waals surface area contributed by atoms with Crippen molar-refractivity contribution in [3.63, 3.8) is 0 Å². The summed E-state index contributed by atoms with van der Waals surface area (Å²) in [5.74, 6) is -2.22. The Morgan fingerprint density at radius 2 is 1.24 bits per heavy atom. The first-order chi connectivity index (χ1) is 15.4. The number of carboxylic acid groups (broad SMARTS) is 1. The Hall–Kier alpha value is -2.70. The predicted molar refractivity (Wildman–Crippen MR) is 124 cm³/mol. The van der Waals surface area contributed by atoms with Gasteiger partial charge in [-0.05, 0) is 77.3 Å². The average molecular weight is 460 g/mol. The molecule has 0 bridgehead atoms. The number of imide groups is 1. The van der Waals surface area contributed by atoms with E-state index in [0.717, 1.165) is 38.5 Å². The second kappa shape index (κ2) is 11.4. The summed E-state index contributed by atoms with van der Waals surface area (Å²) >= 11 is 0. The third-order valence-corrected chi connectivity index (χ3v) is 6.37. The van der Waals surface area contributed by atoms with E-state index < -0.39 is 34.6 Å². The van der Waals surface area contributed by atoms with Crippen LogP contribution in [0.4, 0.5) is 0 Å². The molecule has 1 aromatic rings. The number of benzene rings is 1. The summed E-state index contributed by atoms with van der Waals surface area (Å²) in [6.07, 6.45) is 6.90. The Morgan fingerprint density at radius 1 is 0.818 bits per heavy atom. The fraction of sp³-hybridized carbons (Fsp3) is 0.615. The highest BCUT2D eigenvalue weighted by atomic mass is 16.7. The molecule has 1 aliphatic heterocycles. The molecule has 0 radical (unpaired) electrons. The van der Waals surface area contributed by atoms with E-state index in [1.165, 1.54) is 11.1 Å². The number of rotatable bonds is 13. The van der Waals surface area contributed by atoms with Crippen molar-refractivity contribution in [1.82, 2.24) is 5.06 Å². The quantitative estimate of drug-likeness (QED) is 0.334.